The highest BCUT2D eigenvalue weighted by molar-refractivity contribution is 5.77. The number of hydrogen-bond donors (Lipinski definition) is 1. The lowest BCUT2D eigenvalue weighted by Crippen LogP contribution is -2.41. The minimum atomic E-state index is -0.223. The molecule has 3 rings (SSSR count). The van der Waals surface area contributed by atoms with Crippen LogP contribution < -0.4 is 10.6 Å². The van der Waals surface area contributed by atoms with E-state index in [0.29, 0.717) is 6.54 Å². The highest BCUT2D eigenvalue weighted by Gasteiger charge is 2.25. The number of nitrogens with zero attached hydrogens (tertiary/aromatic N) is 3. The molecule has 1 fully saturated rings. The summed E-state index contributed by atoms with van der Waals surface area (Å²) in [5, 5.41) is 0. The van der Waals surface area contributed by atoms with Gasteiger partial charge in [-0.1, -0.05) is 30.3 Å². The van der Waals surface area contributed by atoms with E-state index >= 15 is 0 Å². The number of nitrogens with two attached hydrogens (primary N) is 1. The molecule has 0 spiro atoms. The maximum Gasteiger partial charge on any atom is 0.222 e. The lowest BCUT2D eigenvalue weighted by Gasteiger charge is -2.32. The fourth-order valence-electron chi connectivity index (χ4n) is 2.85. The molecule has 1 saturated heterocycles. The van der Waals surface area contributed by atoms with Gasteiger partial charge in [-0.15, -0.1) is 0 Å². The van der Waals surface area contributed by atoms with E-state index in [1.165, 1.54) is 0 Å². The summed E-state index contributed by atoms with van der Waals surface area (Å²) >= 11 is 0. The molecule has 1 atom stereocenters. The van der Waals surface area contributed by atoms with Gasteiger partial charge in [0, 0.05) is 30.4 Å². The van der Waals surface area contributed by atoms with Crippen LogP contribution in [0, 0.1) is 12.8 Å². The Bertz CT molecular complexity index is 672. The number of benzene rings is 1. The summed E-state index contributed by atoms with van der Waals surface area (Å²) < 4.78 is 0. The Labute approximate surface area is 130 Å². The predicted octanol–water partition coefficient (Wildman–Crippen LogP) is 2.15. The molecule has 22 heavy (non-hydrogen) atoms. The van der Waals surface area contributed by atoms with Gasteiger partial charge in [0.25, 0.3) is 0 Å². The van der Waals surface area contributed by atoms with Gasteiger partial charge < -0.3 is 10.6 Å². The molecule has 0 aliphatic carbocycles. The van der Waals surface area contributed by atoms with Gasteiger partial charge in [-0.3, -0.25) is 4.79 Å². The number of carbonyl (C=O) groups excluding carboxylic acids is 1. The van der Waals surface area contributed by atoms with E-state index in [0.717, 1.165) is 42.3 Å². The Kier molecular flexibility index (Phi) is 4.04. The number of piperidine rings is 1. The van der Waals surface area contributed by atoms with E-state index < -0.39 is 0 Å². The SMILES string of the molecule is Cc1cc(N2CCC[C@@H](C(N)=O)C2)nc(-c2ccccc2)n1. The number of carbonyl (C=O) groups is 1. The monoisotopic (exact) mass is 296 g/mol. The fraction of sp³-hybridized carbons (Fsp3) is 0.353. The summed E-state index contributed by atoms with van der Waals surface area (Å²) in [6.45, 7) is 3.50. The van der Waals surface area contributed by atoms with Crippen molar-refractivity contribution in [3.63, 3.8) is 0 Å². The third kappa shape index (κ3) is 3.08. The summed E-state index contributed by atoms with van der Waals surface area (Å²) in [6, 6.07) is 11.9. The van der Waals surface area contributed by atoms with Crippen LogP contribution in [-0.2, 0) is 4.79 Å². The number of aryl methyl sites for hydroxylation is 1. The second kappa shape index (κ2) is 6.13. The molecule has 114 valence electrons. The molecule has 1 aliphatic heterocycles. The predicted molar refractivity (Wildman–Crippen MR) is 86.3 cm³/mol. The smallest absolute Gasteiger partial charge is 0.222 e. The summed E-state index contributed by atoms with van der Waals surface area (Å²) in [5.74, 6) is 1.28. The van der Waals surface area contributed by atoms with Crippen molar-refractivity contribution in [2.45, 2.75) is 19.8 Å². The molecule has 5 nitrogen and oxygen atoms in total. The lowest BCUT2D eigenvalue weighted by atomic mass is 9.97. The van der Waals surface area contributed by atoms with Crippen molar-refractivity contribution in [1.82, 2.24) is 9.97 Å². The Hall–Kier alpha value is -2.43. The van der Waals surface area contributed by atoms with Crippen LogP contribution in [0.5, 0.6) is 0 Å². The zero-order valence-corrected chi connectivity index (χ0v) is 12.7. The van der Waals surface area contributed by atoms with E-state index in [4.69, 9.17) is 5.73 Å². The number of primary amides is 1. The van der Waals surface area contributed by atoms with E-state index in [1.54, 1.807) is 0 Å². The molecular formula is C17H20N4O. The number of hydrogen-bond acceptors (Lipinski definition) is 4. The van der Waals surface area contributed by atoms with Crippen molar-refractivity contribution in [2.24, 2.45) is 11.7 Å². The Morgan fingerprint density at radius 2 is 2.05 bits per heavy atom. The molecule has 5 heteroatoms. The van der Waals surface area contributed by atoms with Crippen molar-refractivity contribution >= 4 is 11.7 Å². The van der Waals surface area contributed by atoms with Crippen LogP contribution in [0.3, 0.4) is 0 Å². The number of amides is 1. The molecule has 2 heterocycles. The molecule has 2 aromatic rings. The largest absolute Gasteiger partial charge is 0.369 e. The Balaban J connectivity index is 1.91. The standard InChI is InChI=1S/C17H20N4O/c1-12-10-15(21-9-5-8-14(11-21)16(18)22)20-17(19-12)13-6-3-2-4-7-13/h2-4,6-7,10,14H,5,8-9,11H2,1H3,(H2,18,22)/t14-/m1/s1. The lowest BCUT2D eigenvalue weighted by molar-refractivity contribution is -0.122. The number of aromatic nitrogens is 2. The third-order valence-electron chi connectivity index (χ3n) is 4.02. The van der Waals surface area contributed by atoms with E-state index in [-0.39, 0.29) is 11.8 Å². The average Bonchev–Trinajstić information content (AvgIpc) is 2.55. The van der Waals surface area contributed by atoms with E-state index in [2.05, 4.69) is 14.9 Å². The van der Waals surface area contributed by atoms with Crippen LogP contribution in [0.1, 0.15) is 18.5 Å². The highest BCUT2D eigenvalue weighted by atomic mass is 16.1. The molecule has 1 aliphatic rings. The fourth-order valence-corrected chi connectivity index (χ4v) is 2.85. The van der Waals surface area contributed by atoms with Gasteiger partial charge in [-0.25, -0.2) is 9.97 Å². The van der Waals surface area contributed by atoms with Crippen LogP contribution in [0.25, 0.3) is 11.4 Å². The summed E-state index contributed by atoms with van der Waals surface area (Å²) in [7, 11) is 0. The molecular weight excluding hydrogens is 276 g/mol. The highest BCUT2D eigenvalue weighted by Crippen LogP contribution is 2.24. The van der Waals surface area contributed by atoms with Crippen molar-refractivity contribution in [3.8, 4) is 11.4 Å². The van der Waals surface area contributed by atoms with Gasteiger partial charge in [0.05, 0.1) is 5.92 Å². The van der Waals surface area contributed by atoms with Crippen molar-refractivity contribution < 1.29 is 4.79 Å². The summed E-state index contributed by atoms with van der Waals surface area (Å²) in [5.41, 5.74) is 7.38. The second-order valence-corrected chi connectivity index (χ2v) is 5.74. The van der Waals surface area contributed by atoms with Crippen LogP contribution in [-0.4, -0.2) is 29.0 Å². The molecule has 0 bridgehead atoms. The first kappa shape index (κ1) is 14.5. The van der Waals surface area contributed by atoms with E-state index in [9.17, 15) is 4.79 Å². The van der Waals surface area contributed by atoms with E-state index in [1.807, 2.05) is 43.3 Å². The minimum Gasteiger partial charge on any atom is -0.369 e. The van der Waals surface area contributed by atoms with Gasteiger partial charge in [0.15, 0.2) is 5.82 Å². The molecule has 1 aromatic carbocycles. The molecule has 2 N–H and O–H groups in total. The number of anilines is 1. The first-order valence-corrected chi connectivity index (χ1v) is 7.59. The van der Waals surface area contributed by atoms with Crippen molar-refractivity contribution in [3.05, 3.63) is 42.1 Å². The quantitative estimate of drug-likeness (QED) is 0.942. The summed E-state index contributed by atoms with van der Waals surface area (Å²) in [4.78, 5) is 22.8. The first-order chi connectivity index (χ1) is 10.6. The summed E-state index contributed by atoms with van der Waals surface area (Å²) in [6.07, 6.45) is 1.82. The first-order valence-electron chi connectivity index (χ1n) is 7.59. The maximum atomic E-state index is 11.4. The number of rotatable bonds is 3. The van der Waals surface area contributed by atoms with Gasteiger partial charge in [-0.2, -0.15) is 0 Å². The Morgan fingerprint density at radius 3 is 2.77 bits per heavy atom. The molecule has 0 saturated carbocycles. The van der Waals surface area contributed by atoms with Gasteiger partial charge in [0.1, 0.15) is 5.82 Å². The van der Waals surface area contributed by atoms with Crippen LogP contribution in [0.15, 0.2) is 36.4 Å². The van der Waals surface area contributed by atoms with Crippen LogP contribution in [0.2, 0.25) is 0 Å². The Morgan fingerprint density at radius 1 is 1.27 bits per heavy atom. The van der Waals surface area contributed by atoms with Crippen LogP contribution in [0.4, 0.5) is 5.82 Å². The minimum absolute atomic E-state index is 0.0933. The third-order valence-corrected chi connectivity index (χ3v) is 4.02. The van der Waals surface area contributed by atoms with Gasteiger partial charge in [-0.05, 0) is 19.8 Å². The molecule has 0 radical (unpaired) electrons. The zero-order chi connectivity index (χ0) is 15.5. The molecule has 0 unspecified atom stereocenters. The van der Waals surface area contributed by atoms with Gasteiger partial charge >= 0.3 is 0 Å². The molecule has 1 amide bonds. The van der Waals surface area contributed by atoms with Crippen molar-refractivity contribution in [2.75, 3.05) is 18.0 Å². The average molecular weight is 296 g/mol. The van der Waals surface area contributed by atoms with Crippen molar-refractivity contribution in [1.29, 1.82) is 0 Å². The topological polar surface area (TPSA) is 72.1 Å². The zero-order valence-electron chi connectivity index (χ0n) is 12.7. The second-order valence-electron chi connectivity index (χ2n) is 5.74. The maximum absolute atomic E-state index is 11.4. The molecule has 1 aromatic heterocycles. The normalized spacial score (nSPS) is 18.2. The van der Waals surface area contributed by atoms with Crippen LogP contribution >= 0.6 is 0 Å². The van der Waals surface area contributed by atoms with Gasteiger partial charge in [0.2, 0.25) is 5.91 Å².